The largest absolute Gasteiger partial charge is 0.496 e. The smallest absolute Gasteiger partial charge is 0.307 e. The van der Waals surface area contributed by atoms with E-state index in [-0.39, 0.29) is 11.3 Å². The quantitative estimate of drug-likeness (QED) is 0.851. The fourth-order valence-electron chi connectivity index (χ4n) is 3.35. The van der Waals surface area contributed by atoms with Crippen LogP contribution in [0.4, 0.5) is 0 Å². The summed E-state index contributed by atoms with van der Waals surface area (Å²) in [5.74, 6) is 0.0655. The third kappa shape index (κ3) is 1.38. The van der Waals surface area contributed by atoms with Crippen LogP contribution in [0, 0.1) is 5.92 Å². The minimum absolute atomic E-state index is 0.0893. The van der Waals surface area contributed by atoms with Crippen LogP contribution in [0.3, 0.4) is 0 Å². The van der Waals surface area contributed by atoms with Gasteiger partial charge in [0.15, 0.2) is 0 Å². The fourth-order valence-corrected chi connectivity index (χ4v) is 3.35. The van der Waals surface area contributed by atoms with Crippen LogP contribution < -0.4 is 4.74 Å². The molecule has 0 heterocycles. The molecule has 1 fully saturated rings. The minimum Gasteiger partial charge on any atom is -0.496 e. The standard InChI is InChI=1S/C14H16O3/c1-17-12-4-2-3-10-9(12)5-6-11(13(15)16)14(10)7-8-14/h2-4,11H,5-8H2,1H3,(H,15,16). The van der Waals surface area contributed by atoms with Gasteiger partial charge in [-0.15, -0.1) is 0 Å². The second-order valence-electron chi connectivity index (χ2n) is 5.07. The van der Waals surface area contributed by atoms with Crippen molar-refractivity contribution in [2.45, 2.75) is 31.1 Å². The highest BCUT2D eigenvalue weighted by molar-refractivity contribution is 5.75. The molecule has 1 saturated carbocycles. The summed E-state index contributed by atoms with van der Waals surface area (Å²) in [6, 6.07) is 6.03. The molecule has 1 aromatic carbocycles. The van der Waals surface area contributed by atoms with Crippen molar-refractivity contribution >= 4 is 5.97 Å². The van der Waals surface area contributed by atoms with Gasteiger partial charge in [-0.3, -0.25) is 4.79 Å². The molecule has 1 unspecified atom stereocenters. The van der Waals surface area contributed by atoms with Crippen molar-refractivity contribution in [1.82, 2.24) is 0 Å². The van der Waals surface area contributed by atoms with E-state index in [0.29, 0.717) is 0 Å². The predicted molar refractivity (Wildman–Crippen MR) is 63.4 cm³/mol. The number of carboxylic acids is 1. The average Bonchev–Trinajstić information content (AvgIpc) is 3.10. The van der Waals surface area contributed by atoms with Crippen LogP contribution in [-0.2, 0) is 16.6 Å². The zero-order valence-corrected chi connectivity index (χ0v) is 9.90. The maximum absolute atomic E-state index is 11.3. The van der Waals surface area contributed by atoms with Gasteiger partial charge >= 0.3 is 5.97 Å². The maximum Gasteiger partial charge on any atom is 0.307 e. The van der Waals surface area contributed by atoms with E-state index in [1.165, 1.54) is 11.1 Å². The minimum atomic E-state index is -0.643. The van der Waals surface area contributed by atoms with Crippen LogP contribution in [0.2, 0.25) is 0 Å². The molecular formula is C14H16O3. The molecule has 17 heavy (non-hydrogen) atoms. The van der Waals surface area contributed by atoms with Crippen molar-refractivity contribution in [2.24, 2.45) is 5.92 Å². The van der Waals surface area contributed by atoms with Crippen LogP contribution in [0.1, 0.15) is 30.4 Å². The second kappa shape index (κ2) is 3.49. The van der Waals surface area contributed by atoms with Gasteiger partial charge in [0.1, 0.15) is 5.75 Å². The van der Waals surface area contributed by atoms with Crippen molar-refractivity contribution in [1.29, 1.82) is 0 Å². The topological polar surface area (TPSA) is 46.5 Å². The van der Waals surface area contributed by atoms with Gasteiger partial charge in [-0.25, -0.2) is 0 Å². The van der Waals surface area contributed by atoms with E-state index in [2.05, 4.69) is 6.07 Å². The summed E-state index contributed by atoms with van der Waals surface area (Å²) in [5.41, 5.74) is 2.36. The molecule has 2 aliphatic rings. The number of aliphatic carboxylic acids is 1. The van der Waals surface area contributed by atoms with Gasteiger partial charge in [0.05, 0.1) is 13.0 Å². The Morgan fingerprint density at radius 3 is 2.82 bits per heavy atom. The van der Waals surface area contributed by atoms with E-state index in [1.807, 2.05) is 12.1 Å². The molecule has 1 N–H and O–H groups in total. The van der Waals surface area contributed by atoms with Gasteiger partial charge in [0, 0.05) is 5.41 Å². The van der Waals surface area contributed by atoms with Crippen molar-refractivity contribution in [3.05, 3.63) is 29.3 Å². The zero-order chi connectivity index (χ0) is 12.0. The summed E-state index contributed by atoms with van der Waals surface area (Å²) in [7, 11) is 1.68. The molecule has 3 nitrogen and oxygen atoms in total. The van der Waals surface area contributed by atoms with Crippen molar-refractivity contribution < 1.29 is 14.6 Å². The van der Waals surface area contributed by atoms with Crippen molar-refractivity contribution in [3.63, 3.8) is 0 Å². The normalized spacial score (nSPS) is 24.2. The van der Waals surface area contributed by atoms with E-state index >= 15 is 0 Å². The number of ether oxygens (including phenoxy) is 1. The monoisotopic (exact) mass is 232 g/mol. The first-order valence-corrected chi connectivity index (χ1v) is 6.08. The summed E-state index contributed by atoms with van der Waals surface area (Å²) in [4.78, 5) is 11.3. The molecular weight excluding hydrogens is 216 g/mol. The highest BCUT2D eigenvalue weighted by Crippen LogP contribution is 2.59. The van der Waals surface area contributed by atoms with Crippen LogP contribution in [0.15, 0.2) is 18.2 Å². The Bertz CT molecular complexity index is 474. The van der Waals surface area contributed by atoms with Gasteiger partial charge in [-0.2, -0.15) is 0 Å². The third-order valence-electron chi connectivity index (χ3n) is 4.33. The summed E-state index contributed by atoms with van der Waals surface area (Å²) >= 11 is 0. The van der Waals surface area contributed by atoms with Crippen LogP contribution in [-0.4, -0.2) is 18.2 Å². The molecule has 0 saturated heterocycles. The van der Waals surface area contributed by atoms with Gasteiger partial charge < -0.3 is 9.84 Å². The van der Waals surface area contributed by atoms with E-state index in [0.717, 1.165) is 31.4 Å². The number of methoxy groups -OCH3 is 1. The number of benzene rings is 1. The molecule has 2 aliphatic carbocycles. The summed E-state index contributed by atoms with van der Waals surface area (Å²) < 4.78 is 5.38. The lowest BCUT2D eigenvalue weighted by Gasteiger charge is -2.32. The Morgan fingerprint density at radius 2 is 2.24 bits per heavy atom. The zero-order valence-electron chi connectivity index (χ0n) is 9.90. The number of carbonyl (C=O) groups is 1. The molecule has 0 radical (unpaired) electrons. The molecule has 0 amide bonds. The van der Waals surface area contributed by atoms with Gasteiger partial charge in [-0.1, -0.05) is 12.1 Å². The second-order valence-corrected chi connectivity index (χ2v) is 5.07. The van der Waals surface area contributed by atoms with E-state index in [9.17, 15) is 9.90 Å². The lowest BCUT2D eigenvalue weighted by molar-refractivity contribution is -0.143. The molecule has 90 valence electrons. The summed E-state index contributed by atoms with van der Waals surface area (Å²) in [6.45, 7) is 0. The number of hydrogen-bond donors (Lipinski definition) is 1. The highest BCUT2D eigenvalue weighted by atomic mass is 16.5. The predicted octanol–water partition coefficient (Wildman–Crippen LogP) is 2.37. The van der Waals surface area contributed by atoms with E-state index in [1.54, 1.807) is 7.11 Å². The molecule has 1 atom stereocenters. The Labute approximate surface area is 100 Å². The first kappa shape index (κ1) is 10.6. The number of rotatable bonds is 2. The fraction of sp³-hybridized carbons (Fsp3) is 0.500. The number of hydrogen-bond acceptors (Lipinski definition) is 2. The van der Waals surface area contributed by atoms with Crippen LogP contribution >= 0.6 is 0 Å². The number of carboxylic acid groups (broad SMARTS) is 1. The van der Waals surface area contributed by atoms with Gasteiger partial charge in [-0.05, 0) is 42.9 Å². The summed E-state index contributed by atoms with van der Waals surface area (Å²) in [5, 5.41) is 9.33. The Hall–Kier alpha value is -1.51. The number of fused-ring (bicyclic) bond motifs is 2. The molecule has 3 rings (SSSR count). The van der Waals surface area contributed by atoms with Gasteiger partial charge in [0.2, 0.25) is 0 Å². The molecule has 1 spiro atoms. The van der Waals surface area contributed by atoms with E-state index < -0.39 is 5.97 Å². The van der Waals surface area contributed by atoms with Crippen molar-refractivity contribution in [2.75, 3.05) is 7.11 Å². The first-order valence-electron chi connectivity index (χ1n) is 6.08. The Balaban J connectivity index is 2.11. The van der Waals surface area contributed by atoms with Crippen molar-refractivity contribution in [3.8, 4) is 5.75 Å². The van der Waals surface area contributed by atoms with Crippen LogP contribution in [0.25, 0.3) is 0 Å². The highest BCUT2D eigenvalue weighted by Gasteiger charge is 2.56. The SMILES string of the molecule is COc1cccc2c1CCC(C(=O)O)C21CC1. The first-order chi connectivity index (χ1) is 8.19. The average molecular weight is 232 g/mol. The molecule has 3 heteroatoms. The molecule has 0 aliphatic heterocycles. The molecule has 0 bridgehead atoms. The third-order valence-corrected chi connectivity index (χ3v) is 4.33. The summed E-state index contributed by atoms with van der Waals surface area (Å²) in [6.07, 6.45) is 3.56. The Morgan fingerprint density at radius 1 is 1.47 bits per heavy atom. The lowest BCUT2D eigenvalue weighted by atomic mass is 9.72. The molecule has 0 aromatic heterocycles. The van der Waals surface area contributed by atoms with Gasteiger partial charge in [0.25, 0.3) is 0 Å². The molecule has 1 aromatic rings. The Kier molecular flexibility index (Phi) is 2.18. The van der Waals surface area contributed by atoms with Crippen LogP contribution in [0.5, 0.6) is 5.75 Å². The lowest BCUT2D eigenvalue weighted by Crippen LogP contribution is -2.33. The van der Waals surface area contributed by atoms with E-state index in [4.69, 9.17) is 4.74 Å². The maximum atomic E-state index is 11.3.